The lowest BCUT2D eigenvalue weighted by molar-refractivity contribution is 0.135. The number of aliphatic hydroxyl groups excluding tert-OH is 1. The Morgan fingerprint density at radius 2 is 1.31 bits per heavy atom. The molecule has 29 heavy (non-hydrogen) atoms. The molecule has 0 amide bonds. The van der Waals surface area contributed by atoms with Crippen molar-refractivity contribution < 1.29 is 5.11 Å². The topological polar surface area (TPSA) is 60.1 Å². The van der Waals surface area contributed by atoms with Gasteiger partial charge in [-0.1, -0.05) is 48.5 Å². The lowest BCUT2D eigenvalue weighted by Gasteiger charge is -2.17. The summed E-state index contributed by atoms with van der Waals surface area (Å²) in [7, 11) is 0. The number of rotatable bonds is 4. The van der Waals surface area contributed by atoms with Crippen LogP contribution >= 0.6 is 0 Å². The smallest absolute Gasteiger partial charge is 0.261 e. The summed E-state index contributed by atoms with van der Waals surface area (Å²) in [5, 5.41) is 13.8. The molecule has 0 saturated carbocycles. The third kappa shape index (κ3) is 2.91. The summed E-state index contributed by atoms with van der Waals surface area (Å²) in [4.78, 5) is 17.4. The number of hydrogen-bond acceptors (Lipinski definition) is 3. The van der Waals surface area contributed by atoms with Crippen molar-refractivity contribution in [1.29, 1.82) is 0 Å². The largest absolute Gasteiger partial charge is 0.389 e. The van der Waals surface area contributed by atoms with E-state index >= 15 is 0 Å². The molecule has 0 unspecified atom stereocenters. The summed E-state index contributed by atoms with van der Waals surface area (Å²) in [5.41, 5.74) is 2.72. The molecule has 1 atom stereocenters. The van der Waals surface area contributed by atoms with Gasteiger partial charge in [-0.05, 0) is 31.2 Å². The Kier molecular flexibility index (Phi) is 4.18. The highest BCUT2D eigenvalue weighted by atomic mass is 16.3. The predicted octanol–water partition coefficient (Wildman–Crippen LogP) is 3.87. The fourth-order valence-corrected chi connectivity index (χ4v) is 4.17. The number of aliphatic hydroxyl groups is 1. The van der Waals surface area contributed by atoms with Crippen LogP contribution in [0.3, 0.4) is 0 Å². The molecule has 5 rings (SSSR count). The van der Waals surface area contributed by atoms with Crippen LogP contribution < -0.4 is 5.56 Å². The molecule has 144 valence electrons. The average Bonchev–Trinajstić information content (AvgIpc) is 3.05. The highest BCUT2D eigenvalue weighted by Crippen LogP contribution is 2.28. The minimum atomic E-state index is -0.728. The molecule has 0 aliphatic heterocycles. The predicted molar refractivity (Wildman–Crippen MR) is 116 cm³/mol. The maximum absolute atomic E-state index is 12.9. The zero-order chi connectivity index (χ0) is 20.0. The molecule has 0 bridgehead atoms. The standard InChI is InChI=1S/C24H21N3O2/c1-16-25-21-11-5-2-10-20(21)24(29)26(16)14-17(28)15-27-22-12-6-3-8-18(22)19-9-4-7-13-23(19)27/h2-13,17,28H,14-15H2,1H3/t17-/m1/s1. The first kappa shape index (κ1) is 17.6. The van der Waals surface area contributed by atoms with Crippen molar-refractivity contribution in [3.8, 4) is 0 Å². The van der Waals surface area contributed by atoms with Crippen molar-refractivity contribution in [2.24, 2.45) is 0 Å². The Hall–Kier alpha value is -3.44. The fraction of sp³-hybridized carbons (Fsp3) is 0.167. The van der Waals surface area contributed by atoms with E-state index in [-0.39, 0.29) is 12.1 Å². The van der Waals surface area contributed by atoms with Crippen molar-refractivity contribution >= 4 is 32.7 Å². The van der Waals surface area contributed by atoms with Crippen LogP contribution in [0.4, 0.5) is 0 Å². The third-order valence-corrected chi connectivity index (χ3v) is 5.52. The van der Waals surface area contributed by atoms with Gasteiger partial charge in [-0.25, -0.2) is 4.98 Å². The van der Waals surface area contributed by atoms with Crippen LogP contribution in [0, 0.1) is 6.92 Å². The number of aryl methyl sites for hydroxylation is 1. The Labute approximate surface area is 167 Å². The summed E-state index contributed by atoms with van der Waals surface area (Å²) < 4.78 is 3.70. The van der Waals surface area contributed by atoms with Crippen molar-refractivity contribution in [2.45, 2.75) is 26.1 Å². The SMILES string of the molecule is Cc1nc2ccccc2c(=O)n1C[C@@H](O)Cn1c2ccccc2c2ccccc21. The van der Waals surface area contributed by atoms with Gasteiger partial charge in [-0.2, -0.15) is 0 Å². The first-order chi connectivity index (χ1) is 14.1. The lowest BCUT2D eigenvalue weighted by Crippen LogP contribution is -2.31. The van der Waals surface area contributed by atoms with E-state index in [0.29, 0.717) is 23.3 Å². The third-order valence-electron chi connectivity index (χ3n) is 5.52. The van der Waals surface area contributed by atoms with Gasteiger partial charge in [0.2, 0.25) is 0 Å². The van der Waals surface area contributed by atoms with Crippen LogP contribution in [0.2, 0.25) is 0 Å². The van der Waals surface area contributed by atoms with Crippen LogP contribution in [-0.2, 0) is 13.1 Å². The van der Waals surface area contributed by atoms with Crippen LogP contribution in [0.25, 0.3) is 32.7 Å². The van der Waals surface area contributed by atoms with Crippen LogP contribution in [0.1, 0.15) is 5.82 Å². The molecule has 5 heteroatoms. The van der Waals surface area contributed by atoms with Crippen LogP contribution in [-0.4, -0.2) is 25.3 Å². The molecular formula is C24H21N3O2. The Morgan fingerprint density at radius 3 is 1.97 bits per heavy atom. The first-order valence-electron chi connectivity index (χ1n) is 9.73. The van der Waals surface area contributed by atoms with Gasteiger partial charge in [0.25, 0.3) is 5.56 Å². The summed E-state index contributed by atoms with van der Waals surface area (Å²) in [5.74, 6) is 0.606. The maximum Gasteiger partial charge on any atom is 0.261 e. The van der Waals surface area contributed by atoms with E-state index in [1.807, 2.05) is 42.5 Å². The second-order valence-corrected chi connectivity index (χ2v) is 7.39. The molecule has 0 aliphatic carbocycles. The van der Waals surface area contributed by atoms with Crippen molar-refractivity contribution in [3.63, 3.8) is 0 Å². The van der Waals surface area contributed by atoms with E-state index < -0.39 is 6.10 Å². The van der Waals surface area contributed by atoms with E-state index in [1.54, 1.807) is 17.6 Å². The second kappa shape index (κ2) is 6.87. The summed E-state index contributed by atoms with van der Waals surface area (Å²) in [6, 6.07) is 23.7. The summed E-state index contributed by atoms with van der Waals surface area (Å²) in [6.45, 7) is 2.40. The fourth-order valence-electron chi connectivity index (χ4n) is 4.17. The molecule has 2 heterocycles. The maximum atomic E-state index is 12.9. The molecule has 2 aromatic heterocycles. The first-order valence-corrected chi connectivity index (χ1v) is 9.73. The Morgan fingerprint density at radius 1 is 0.793 bits per heavy atom. The molecule has 0 saturated heterocycles. The van der Waals surface area contributed by atoms with Gasteiger partial charge in [0, 0.05) is 21.8 Å². The summed E-state index contributed by atoms with van der Waals surface area (Å²) in [6.07, 6.45) is -0.728. The normalized spacial score (nSPS) is 12.8. The molecule has 0 spiro atoms. The van der Waals surface area contributed by atoms with Crippen molar-refractivity contribution in [1.82, 2.24) is 14.1 Å². The number of aromatic nitrogens is 3. The van der Waals surface area contributed by atoms with Crippen LogP contribution in [0.15, 0.2) is 77.6 Å². The van der Waals surface area contributed by atoms with Gasteiger partial charge in [0.15, 0.2) is 0 Å². The zero-order valence-electron chi connectivity index (χ0n) is 16.1. The van der Waals surface area contributed by atoms with Gasteiger partial charge in [-0.3, -0.25) is 9.36 Å². The van der Waals surface area contributed by atoms with Gasteiger partial charge < -0.3 is 9.67 Å². The van der Waals surface area contributed by atoms with E-state index in [9.17, 15) is 9.90 Å². The van der Waals surface area contributed by atoms with Gasteiger partial charge in [-0.15, -0.1) is 0 Å². The Balaban J connectivity index is 1.54. The quantitative estimate of drug-likeness (QED) is 0.512. The minimum Gasteiger partial charge on any atom is -0.389 e. The summed E-state index contributed by atoms with van der Waals surface area (Å²) >= 11 is 0. The monoisotopic (exact) mass is 383 g/mol. The second-order valence-electron chi connectivity index (χ2n) is 7.39. The molecular weight excluding hydrogens is 362 g/mol. The highest BCUT2D eigenvalue weighted by Gasteiger charge is 2.16. The number of fused-ring (bicyclic) bond motifs is 4. The van der Waals surface area contributed by atoms with Crippen molar-refractivity contribution in [2.75, 3.05) is 0 Å². The number of benzene rings is 3. The van der Waals surface area contributed by atoms with E-state index in [4.69, 9.17) is 0 Å². The van der Waals surface area contributed by atoms with Gasteiger partial charge >= 0.3 is 0 Å². The molecule has 5 nitrogen and oxygen atoms in total. The average molecular weight is 383 g/mol. The molecule has 3 aromatic carbocycles. The van der Waals surface area contributed by atoms with Gasteiger partial charge in [0.1, 0.15) is 5.82 Å². The minimum absolute atomic E-state index is 0.116. The van der Waals surface area contributed by atoms with E-state index in [0.717, 1.165) is 21.8 Å². The van der Waals surface area contributed by atoms with E-state index in [1.165, 1.54) is 0 Å². The molecule has 0 fully saturated rings. The van der Waals surface area contributed by atoms with Gasteiger partial charge in [0.05, 0.1) is 30.1 Å². The molecule has 0 radical (unpaired) electrons. The molecule has 0 aliphatic rings. The van der Waals surface area contributed by atoms with E-state index in [2.05, 4.69) is 33.8 Å². The molecule has 5 aromatic rings. The van der Waals surface area contributed by atoms with Crippen LogP contribution in [0.5, 0.6) is 0 Å². The Bertz CT molecular complexity index is 1360. The number of nitrogens with zero attached hydrogens (tertiary/aromatic N) is 3. The number of hydrogen-bond donors (Lipinski definition) is 1. The zero-order valence-corrected chi connectivity index (χ0v) is 16.1. The molecule has 1 N–H and O–H groups in total. The number of para-hydroxylation sites is 3. The van der Waals surface area contributed by atoms with Crippen molar-refractivity contribution in [3.05, 3.63) is 89.0 Å². The highest BCUT2D eigenvalue weighted by molar-refractivity contribution is 6.07. The lowest BCUT2D eigenvalue weighted by atomic mass is 10.2.